The Hall–Kier alpha value is -1.35. The van der Waals surface area contributed by atoms with Gasteiger partial charge in [0.2, 0.25) is 10.0 Å². The molecular weight excluding hydrogens is 294 g/mol. The number of anilines is 2. The summed E-state index contributed by atoms with van der Waals surface area (Å²) in [4.78, 5) is 2.04. The van der Waals surface area contributed by atoms with Gasteiger partial charge in [0, 0.05) is 33.9 Å². The third-order valence-electron chi connectivity index (χ3n) is 3.01. The first-order valence-electron chi connectivity index (χ1n) is 6.55. The quantitative estimate of drug-likeness (QED) is 0.504. The molecule has 0 aliphatic rings. The van der Waals surface area contributed by atoms with Crippen molar-refractivity contribution in [1.82, 2.24) is 0 Å². The number of nitrogens with zero attached hydrogens (tertiary/aromatic N) is 1. The van der Waals surface area contributed by atoms with Gasteiger partial charge in [-0.1, -0.05) is 0 Å². The molecular formula is C13H23N3O4S. The summed E-state index contributed by atoms with van der Waals surface area (Å²) in [6.45, 7) is 2.57. The van der Waals surface area contributed by atoms with Gasteiger partial charge in [0.05, 0.1) is 22.9 Å². The van der Waals surface area contributed by atoms with Gasteiger partial charge in [-0.15, -0.1) is 0 Å². The number of sulfonamides is 1. The molecule has 0 aromatic heterocycles. The minimum Gasteiger partial charge on any atom is -0.397 e. The lowest BCUT2D eigenvalue weighted by Crippen LogP contribution is -2.29. The minimum atomic E-state index is -3.75. The highest BCUT2D eigenvalue weighted by Gasteiger charge is 2.14. The smallest absolute Gasteiger partial charge is 0.238 e. The molecule has 0 radical (unpaired) electrons. The van der Waals surface area contributed by atoms with Gasteiger partial charge in [0.1, 0.15) is 0 Å². The summed E-state index contributed by atoms with van der Waals surface area (Å²) in [6, 6.07) is 4.50. The molecule has 0 unspecified atom stereocenters. The van der Waals surface area contributed by atoms with Crippen LogP contribution in [0.25, 0.3) is 0 Å². The van der Waals surface area contributed by atoms with Gasteiger partial charge < -0.3 is 20.1 Å². The van der Waals surface area contributed by atoms with Crippen LogP contribution in [0.2, 0.25) is 0 Å². The lowest BCUT2D eigenvalue weighted by molar-refractivity contribution is 0.191. The van der Waals surface area contributed by atoms with Crippen LogP contribution in [0, 0.1) is 0 Å². The zero-order valence-corrected chi connectivity index (χ0v) is 13.2. The molecule has 0 saturated carbocycles. The van der Waals surface area contributed by atoms with Gasteiger partial charge in [0.25, 0.3) is 0 Å². The fraction of sp³-hybridized carbons (Fsp3) is 0.538. The number of rotatable bonds is 9. The molecule has 0 bridgehead atoms. The molecule has 0 aliphatic carbocycles. The Balaban J connectivity index is 2.95. The second kappa shape index (κ2) is 8.18. The molecule has 1 rings (SSSR count). The van der Waals surface area contributed by atoms with E-state index < -0.39 is 10.0 Å². The van der Waals surface area contributed by atoms with E-state index in [4.69, 9.17) is 20.3 Å². The second-order valence-electron chi connectivity index (χ2n) is 4.59. The average Bonchev–Trinajstić information content (AvgIpc) is 2.42. The lowest BCUT2D eigenvalue weighted by Gasteiger charge is -2.26. The second-order valence-corrected chi connectivity index (χ2v) is 6.15. The Bertz CT molecular complexity index is 548. The minimum absolute atomic E-state index is 0.00679. The molecule has 0 spiro atoms. The molecule has 7 nitrogen and oxygen atoms in total. The van der Waals surface area contributed by atoms with Crippen LogP contribution in [0.5, 0.6) is 0 Å². The predicted molar refractivity (Wildman–Crippen MR) is 82.8 cm³/mol. The molecule has 0 amide bonds. The molecule has 0 aliphatic heterocycles. The summed E-state index contributed by atoms with van der Waals surface area (Å²) in [7, 11) is -0.475. The molecule has 0 heterocycles. The van der Waals surface area contributed by atoms with Crippen molar-refractivity contribution in [2.45, 2.75) is 11.3 Å². The van der Waals surface area contributed by atoms with Crippen molar-refractivity contribution in [2.75, 3.05) is 51.2 Å². The number of nitrogen functional groups attached to an aromatic ring is 1. The number of primary sulfonamides is 1. The molecule has 21 heavy (non-hydrogen) atoms. The highest BCUT2D eigenvalue weighted by Crippen LogP contribution is 2.26. The fourth-order valence-electron chi connectivity index (χ4n) is 1.95. The molecule has 1 aromatic carbocycles. The third kappa shape index (κ3) is 5.50. The van der Waals surface area contributed by atoms with Crippen LogP contribution in [0.4, 0.5) is 11.4 Å². The number of ether oxygens (including phenoxy) is 2. The zero-order valence-electron chi connectivity index (χ0n) is 12.4. The van der Waals surface area contributed by atoms with Gasteiger partial charge in [-0.2, -0.15) is 0 Å². The number of hydrogen-bond acceptors (Lipinski definition) is 6. The monoisotopic (exact) mass is 317 g/mol. The Labute approximate surface area is 125 Å². The normalized spacial score (nSPS) is 11.6. The van der Waals surface area contributed by atoms with Crippen molar-refractivity contribution >= 4 is 21.4 Å². The summed E-state index contributed by atoms with van der Waals surface area (Å²) in [5.74, 6) is 0. The van der Waals surface area contributed by atoms with Crippen LogP contribution < -0.4 is 15.8 Å². The highest BCUT2D eigenvalue weighted by molar-refractivity contribution is 7.89. The SMILES string of the molecule is COCCCN(CCOC)c1ccc(S(N)(=O)=O)cc1N. The van der Waals surface area contributed by atoms with E-state index in [9.17, 15) is 8.42 Å². The maximum absolute atomic E-state index is 11.3. The van der Waals surface area contributed by atoms with E-state index in [1.54, 1.807) is 20.3 Å². The molecule has 1 aromatic rings. The van der Waals surface area contributed by atoms with E-state index in [0.29, 0.717) is 25.4 Å². The van der Waals surface area contributed by atoms with Crippen molar-refractivity contribution < 1.29 is 17.9 Å². The van der Waals surface area contributed by atoms with Gasteiger partial charge >= 0.3 is 0 Å². The van der Waals surface area contributed by atoms with E-state index in [-0.39, 0.29) is 4.90 Å². The van der Waals surface area contributed by atoms with Gasteiger partial charge in [-0.25, -0.2) is 13.6 Å². The van der Waals surface area contributed by atoms with Crippen molar-refractivity contribution in [3.8, 4) is 0 Å². The molecule has 120 valence electrons. The van der Waals surface area contributed by atoms with Crippen LogP contribution in [0.1, 0.15) is 6.42 Å². The lowest BCUT2D eigenvalue weighted by atomic mass is 10.2. The number of nitrogens with two attached hydrogens (primary N) is 2. The molecule has 4 N–H and O–H groups in total. The summed E-state index contributed by atoms with van der Waals surface area (Å²) >= 11 is 0. The third-order valence-corrected chi connectivity index (χ3v) is 3.92. The van der Waals surface area contributed by atoms with Crippen LogP contribution in [0.15, 0.2) is 23.1 Å². The molecule has 0 fully saturated rings. The Kier molecular flexibility index (Phi) is 6.90. The van der Waals surface area contributed by atoms with Crippen LogP contribution >= 0.6 is 0 Å². The van der Waals surface area contributed by atoms with Crippen molar-refractivity contribution in [1.29, 1.82) is 0 Å². The molecule has 0 saturated heterocycles. The average molecular weight is 317 g/mol. The van der Waals surface area contributed by atoms with Gasteiger partial charge in [0.15, 0.2) is 0 Å². The number of benzene rings is 1. The van der Waals surface area contributed by atoms with Crippen LogP contribution in [0.3, 0.4) is 0 Å². The van der Waals surface area contributed by atoms with E-state index >= 15 is 0 Å². The van der Waals surface area contributed by atoms with Crippen molar-refractivity contribution in [3.63, 3.8) is 0 Å². The zero-order chi connectivity index (χ0) is 15.9. The first kappa shape index (κ1) is 17.7. The van der Waals surface area contributed by atoms with Crippen LogP contribution in [-0.4, -0.2) is 48.9 Å². The van der Waals surface area contributed by atoms with E-state index in [1.165, 1.54) is 12.1 Å². The predicted octanol–water partition coefficient (Wildman–Crippen LogP) is 0.406. The Morgan fingerprint density at radius 2 is 1.81 bits per heavy atom. The molecule has 8 heteroatoms. The number of methoxy groups -OCH3 is 2. The first-order valence-corrected chi connectivity index (χ1v) is 8.10. The fourth-order valence-corrected chi connectivity index (χ4v) is 2.50. The Morgan fingerprint density at radius 3 is 2.33 bits per heavy atom. The number of hydrogen-bond donors (Lipinski definition) is 2. The molecule has 0 atom stereocenters. The van der Waals surface area contributed by atoms with Gasteiger partial charge in [-0.05, 0) is 24.6 Å². The Morgan fingerprint density at radius 1 is 1.14 bits per heavy atom. The van der Waals surface area contributed by atoms with Crippen molar-refractivity contribution in [2.24, 2.45) is 5.14 Å². The van der Waals surface area contributed by atoms with E-state index in [2.05, 4.69) is 0 Å². The van der Waals surface area contributed by atoms with Gasteiger partial charge in [-0.3, -0.25) is 0 Å². The van der Waals surface area contributed by atoms with Crippen molar-refractivity contribution in [3.05, 3.63) is 18.2 Å². The largest absolute Gasteiger partial charge is 0.397 e. The van der Waals surface area contributed by atoms with E-state index in [0.717, 1.165) is 18.7 Å². The topological polar surface area (TPSA) is 108 Å². The standard InChI is InChI=1S/C13H23N3O4S/c1-19-8-3-6-16(7-9-20-2)13-5-4-11(10-12(13)14)21(15,17)18/h4-5,10H,3,6-9,14H2,1-2H3,(H2,15,17,18). The highest BCUT2D eigenvalue weighted by atomic mass is 32.2. The van der Waals surface area contributed by atoms with Crippen LogP contribution in [-0.2, 0) is 19.5 Å². The summed E-state index contributed by atoms with van der Waals surface area (Å²) in [5, 5.41) is 5.10. The summed E-state index contributed by atoms with van der Waals surface area (Å²) < 4.78 is 32.8. The summed E-state index contributed by atoms with van der Waals surface area (Å²) in [6.07, 6.45) is 0.830. The maximum Gasteiger partial charge on any atom is 0.238 e. The maximum atomic E-state index is 11.3. The van der Waals surface area contributed by atoms with E-state index in [1.807, 2.05) is 4.90 Å². The first-order chi connectivity index (χ1) is 9.90. The summed E-state index contributed by atoms with van der Waals surface area (Å²) in [5.41, 5.74) is 7.09.